The quantitative estimate of drug-likeness (QED) is 0.680. The highest BCUT2D eigenvalue weighted by Crippen LogP contribution is 2.24. The molecule has 0 unspecified atom stereocenters. The van der Waals surface area contributed by atoms with Crippen LogP contribution in [-0.2, 0) is 16.0 Å². The number of para-hydroxylation sites is 1. The zero-order valence-corrected chi connectivity index (χ0v) is 14.8. The molecule has 0 saturated carbocycles. The van der Waals surface area contributed by atoms with Crippen molar-refractivity contribution in [2.45, 2.75) is 18.9 Å². The Hall–Kier alpha value is -2.63. The van der Waals surface area contributed by atoms with Crippen LogP contribution in [0.1, 0.15) is 12.0 Å². The average molecular weight is 368 g/mol. The number of halogens is 1. The average Bonchev–Trinajstić information content (AvgIpc) is 3.16. The lowest BCUT2D eigenvalue weighted by Gasteiger charge is -2.15. The lowest BCUT2D eigenvalue weighted by Crippen LogP contribution is -2.39. The summed E-state index contributed by atoms with van der Waals surface area (Å²) in [4.78, 5) is 29.3. The maximum absolute atomic E-state index is 12.6. The molecule has 2 amide bonds. The molecule has 0 bridgehead atoms. The Balaban J connectivity index is 1.41. The third kappa shape index (κ3) is 3.11. The summed E-state index contributed by atoms with van der Waals surface area (Å²) in [5, 5.41) is 5.00. The molecule has 5 nitrogen and oxygen atoms in total. The third-order valence-corrected chi connectivity index (χ3v) is 4.91. The summed E-state index contributed by atoms with van der Waals surface area (Å²) in [6.07, 6.45) is 2.89. The van der Waals surface area contributed by atoms with Crippen molar-refractivity contribution >= 4 is 40.0 Å². The topological polar surface area (TPSA) is 65.2 Å². The molecule has 0 radical (unpaired) electrons. The van der Waals surface area contributed by atoms with Gasteiger partial charge in [-0.05, 0) is 42.3 Å². The van der Waals surface area contributed by atoms with Crippen molar-refractivity contribution in [3.05, 3.63) is 65.3 Å². The number of amides is 2. The van der Waals surface area contributed by atoms with Crippen molar-refractivity contribution < 1.29 is 9.59 Å². The fourth-order valence-corrected chi connectivity index (χ4v) is 3.55. The van der Waals surface area contributed by atoms with Crippen molar-refractivity contribution in [2.75, 3.05) is 11.4 Å². The number of carbonyl (C=O) groups excluding carboxylic acids is 2. The number of aromatic amines is 1. The van der Waals surface area contributed by atoms with E-state index < -0.39 is 6.04 Å². The largest absolute Gasteiger partial charge is 0.361 e. The van der Waals surface area contributed by atoms with Crippen LogP contribution < -0.4 is 10.2 Å². The fraction of sp³-hybridized carbons (Fsp3) is 0.200. The first-order valence-electron chi connectivity index (χ1n) is 8.54. The van der Waals surface area contributed by atoms with Crippen molar-refractivity contribution in [1.82, 2.24) is 10.3 Å². The van der Waals surface area contributed by atoms with Crippen molar-refractivity contribution in [3.8, 4) is 0 Å². The van der Waals surface area contributed by atoms with E-state index in [1.54, 1.807) is 12.1 Å². The van der Waals surface area contributed by atoms with E-state index in [2.05, 4.69) is 10.3 Å². The Morgan fingerprint density at radius 2 is 1.96 bits per heavy atom. The lowest BCUT2D eigenvalue weighted by atomic mass is 10.1. The molecule has 1 aliphatic rings. The van der Waals surface area contributed by atoms with E-state index in [1.165, 1.54) is 4.90 Å². The molecule has 1 saturated heterocycles. The van der Waals surface area contributed by atoms with Gasteiger partial charge < -0.3 is 10.3 Å². The van der Waals surface area contributed by atoms with E-state index in [9.17, 15) is 9.59 Å². The third-order valence-electron chi connectivity index (χ3n) is 4.68. The molecule has 4 rings (SSSR count). The number of hydrogen-bond acceptors (Lipinski definition) is 3. The Morgan fingerprint density at radius 3 is 2.77 bits per heavy atom. The van der Waals surface area contributed by atoms with Gasteiger partial charge in [-0.15, -0.1) is 0 Å². The van der Waals surface area contributed by atoms with Crippen LogP contribution in [0.5, 0.6) is 0 Å². The SMILES string of the molecule is O=C1C[C@H](NCCc2c[nH]c3ccc(Cl)cc23)C(=O)N1c1ccccc1. The van der Waals surface area contributed by atoms with Crippen LogP contribution >= 0.6 is 11.6 Å². The first-order valence-corrected chi connectivity index (χ1v) is 8.92. The smallest absolute Gasteiger partial charge is 0.251 e. The van der Waals surface area contributed by atoms with Gasteiger partial charge in [0.15, 0.2) is 0 Å². The molecule has 2 heterocycles. The molecule has 6 heteroatoms. The van der Waals surface area contributed by atoms with Crippen LogP contribution in [0.3, 0.4) is 0 Å². The van der Waals surface area contributed by atoms with Crippen LogP contribution in [0.25, 0.3) is 10.9 Å². The lowest BCUT2D eigenvalue weighted by molar-refractivity contribution is -0.121. The van der Waals surface area contributed by atoms with Crippen molar-refractivity contribution in [3.63, 3.8) is 0 Å². The van der Waals surface area contributed by atoms with Gasteiger partial charge in [0.2, 0.25) is 5.91 Å². The van der Waals surface area contributed by atoms with Crippen LogP contribution in [0.15, 0.2) is 54.7 Å². The van der Waals surface area contributed by atoms with Gasteiger partial charge in [-0.3, -0.25) is 9.59 Å². The second-order valence-corrected chi connectivity index (χ2v) is 6.80. The van der Waals surface area contributed by atoms with Gasteiger partial charge in [0.25, 0.3) is 5.91 Å². The number of nitrogens with zero attached hydrogens (tertiary/aromatic N) is 1. The molecular formula is C20H18ClN3O2. The fourth-order valence-electron chi connectivity index (χ4n) is 3.38. The summed E-state index contributed by atoms with van der Waals surface area (Å²) >= 11 is 6.08. The first kappa shape index (κ1) is 16.8. The van der Waals surface area contributed by atoms with Crippen molar-refractivity contribution in [2.24, 2.45) is 0 Å². The highest BCUT2D eigenvalue weighted by Gasteiger charge is 2.38. The molecule has 2 N–H and O–H groups in total. The normalized spacial score (nSPS) is 17.4. The molecule has 26 heavy (non-hydrogen) atoms. The van der Waals surface area contributed by atoms with Gasteiger partial charge >= 0.3 is 0 Å². The number of fused-ring (bicyclic) bond motifs is 1. The summed E-state index contributed by atoms with van der Waals surface area (Å²) in [5.41, 5.74) is 2.79. The summed E-state index contributed by atoms with van der Waals surface area (Å²) in [5.74, 6) is -0.360. The molecule has 1 aromatic heterocycles. The molecule has 132 valence electrons. The van der Waals surface area contributed by atoms with Crippen LogP contribution in [0.2, 0.25) is 5.02 Å². The molecular weight excluding hydrogens is 350 g/mol. The van der Waals surface area contributed by atoms with Crippen LogP contribution in [0.4, 0.5) is 5.69 Å². The number of anilines is 1. The van der Waals surface area contributed by atoms with Gasteiger partial charge in [0.05, 0.1) is 18.2 Å². The zero-order chi connectivity index (χ0) is 18.1. The number of nitrogens with one attached hydrogen (secondary N) is 2. The van der Waals surface area contributed by atoms with Gasteiger partial charge in [-0.25, -0.2) is 4.90 Å². The zero-order valence-electron chi connectivity index (χ0n) is 14.0. The van der Waals surface area contributed by atoms with E-state index in [-0.39, 0.29) is 18.2 Å². The highest BCUT2D eigenvalue weighted by molar-refractivity contribution is 6.31. The maximum atomic E-state index is 12.6. The first-order chi connectivity index (χ1) is 12.6. The number of benzene rings is 2. The molecule has 1 aliphatic heterocycles. The minimum Gasteiger partial charge on any atom is -0.361 e. The standard InChI is InChI=1S/C20H18ClN3O2/c21-14-6-7-17-16(10-14)13(12-23-17)8-9-22-18-11-19(25)24(20(18)26)15-4-2-1-3-5-15/h1-7,10,12,18,22-23H,8-9,11H2/t18-/m0/s1. The van der Waals surface area contributed by atoms with E-state index in [1.807, 2.05) is 42.6 Å². The minimum atomic E-state index is -0.475. The monoisotopic (exact) mass is 367 g/mol. The summed E-state index contributed by atoms with van der Waals surface area (Å²) in [6.45, 7) is 0.603. The Labute approximate surface area is 155 Å². The highest BCUT2D eigenvalue weighted by atomic mass is 35.5. The number of imide groups is 1. The number of hydrogen-bond donors (Lipinski definition) is 2. The van der Waals surface area contributed by atoms with E-state index in [0.717, 1.165) is 22.9 Å². The van der Waals surface area contributed by atoms with E-state index >= 15 is 0 Å². The number of carbonyl (C=O) groups is 2. The second kappa shape index (κ2) is 6.94. The van der Waals surface area contributed by atoms with E-state index in [0.29, 0.717) is 17.3 Å². The predicted molar refractivity (Wildman–Crippen MR) is 102 cm³/mol. The summed E-state index contributed by atoms with van der Waals surface area (Å²) < 4.78 is 0. The van der Waals surface area contributed by atoms with Gasteiger partial charge in [-0.1, -0.05) is 29.8 Å². The van der Waals surface area contributed by atoms with Gasteiger partial charge in [0.1, 0.15) is 0 Å². The molecule has 1 atom stereocenters. The molecule has 0 spiro atoms. The van der Waals surface area contributed by atoms with Crippen LogP contribution in [0, 0.1) is 0 Å². The summed E-state index contributed by atoms with van der Waals surface area (Å²) in [6, 6.07) is 14.3. The Bertz CT molecular complexity index is 968. The van der Waals surface area contributed by atoms with Crippen LogP contribution in [-0.4, -0.2) is 29.4 Å². The van der Waals surface area contributed by atoms with E-state index in [4.69, 9.17) is 11.6 Å². The predicted octanol–water partition coefficient (Wildman–Crippen LogP) is 3.29. The number of rotatable bonds is 5. The molecule has 0 aliphatic carbocycles. The van der Waals surface area contributed by atoms with Gasteiger partial charge in [0, 0.05) is 28.7 Å². The molecule has 3 aromatic rings. The second-order valence-electron chi connectivity index (χ2n) is 6.37. The molecule has 2 aromatic carbocycles. The Kier molecular flexibility index (Phi) is 4.49. The Morgan fingerprint density at radius 1 is 1.15 bits per heavy atom. The minimum absolute atomic E-state index is 0.169. The molecule has 1 fully saturated rings. The van der Waals surface area contributed by atoms with Gasteiger partial charge in [-0.2, -0.15) is 0 Å². The number of H-pyrrole nitrogens is 1. The number of aromatic nitrogens is 1. The van der Waals surface area contributed by atoms with Crippen molar-refractivity contribution in [1.29, 1.82) is 0 Å². The summed E-state index contributed by atoms with van der Waals surface area (Å²) in [7, 11) is 0. The maximum Gasteiger partial charge on any atom is 0.251 e.